The molecule has 0 spiro atoms. The van der Waals surface area contributed by atoms with E-state index >= 15 is 0 Å². The van der Waals surface area contributed by atoms with Crippen molar-refractivity contribution in [1.29, 1.82) is 0 Å². The second-order valence-electron chi connectivity index (χ2n) is 7.68. The predicted molar refractivity (Wildman–Crippen MR) is 116 cm³/mol. The molecule has 0 saturated heterocycles. The summed E-state index contributed by atoms with van der Waals surface area (Å²) >= 11 is 5.65. The molecule has 2 aromatic carbocycles. The molecule has 2 atom stereocenters. The van der Waals surface area contributed by atoms with E-state index in [1.165, 1.54) is 27.9 Å². The van der Waals surface area contributed by atoms with Gasteiger partial charge in [0.25, 0.3) is 0 Å². The molecule has 8 nitrogen and oxygen atoms in total. The Labute approximate surface area is 180 Å². The number of nitrogens with zero attached hydrogens (tertiary/aromatic N) is 7. The zero-order chi connectivity index (χ0) is 21.3. The molecule has 0 fully saturated rings. The van der Waals surface area contributed by atoms with E-state index in [4.69, 9.17) is 12.2 Å². The molecule has 0 amide bonds. The Kier molecular flexibility index (Phi) is 5.56. The van der Waals surface area contributed by atoms with Crippen LogP contribution in [0.15, 0.2) is 55.1 Å². The highest BCUT2D eigenvalue weighted by molar-refractivity contribution is 7.71. The van der Waals surface area contributed by atoms with Crippen LogP contribution in [0.2, 0.25) is 0 Å². The Morgan fingerprint density at radius 1 is 1.00 bits per heavy atom. The molecule has 2 aromatic heterocycles. The second-order valence-corrected chi connectivity index (χ2v) is 8.04. The SMILES string of the molecule is Cc1cc(C)cc(-n2nnn(C[NH+](C)[C@@H](C)c3ccc(-n4cncn4)cc3)c2=S)c1. The van der Waals surface area contributed by atoms with E-state index in [-0.39, 0.29) is 6.04 Å². The molecule has 4 rings (SSSR count). The molecule has 0 aliphatic carbocycles. The van der Waals surface area contributed by atoms with Crippen molar-refractivity contribution in [3.8, 4) is 11.4 Å². The maximum absolute atomic E-state index is 5.65. The van der Waals surface area contributed by atoms with Gasteiger partial charge in [0.15, 0.2) is 6.67 Å². The molecule has 9 heteroatoms. The van der Waals surface area contributed by atoms with Gasteiger partial charge in [-0.15, -0.1) is 0 Å². The van der Waals surface area contributed by atoms with Crippen LogP contribution in [-0.2, 0) is 6.67 Å². The number of benzene rings is 2. The molecule has 154 valence electrons. The highest BCUT2D eigenvalue weighted by Crippen LogP contribution is 2.14. The lowest BCUT2D eigenvalue weighted by Crippen LogP contribution is -3.08. The summed E-state index contributed by atoms with van der Waals surface area (Å²) in [5.74, 6) is 0. The van der Waals surface area contributed by atoms with Gasteiger partial charge in [-0.2, -0.15) is 14.5 Å². The quantitative estimate of drug-likeness (QED) is 0.484. The van der Waals surface area contributed by atoms with Crippen molar-refractivity contribution in [3.63, 3.8) is 0 Å². The van der Waals surface area contributed by atoms with Crippen molar-refractivity contribution < 1.29 is 4.90 Å². The van der Waals surface area contributed by atoms with Crippen LogP contribution in [0.1, 0.15) is 29.7 Å². The fourth-order valence-electron chi connectivity index (χ4n) is 3.52. The van der Waals surface area contributed by atoms with E-state index in [9.17, 15) is 0 Å². The van der Waals surface area contributed by atoms with E-state index in [2.05, 4.69) is 90.8 Å². The zero-order valence-electron chi connectivity index (χ0n) is 17.5. The van der Waals surface area contributed by atoms with E-state index < -0.39 is 0 Å². The molecule has 4 aromatic rings. The van der Waals surface area contributed by atoms with Crippen LogP contribution >= 0.6 is 12.2 Å². The molecule has 1 unspecified atom stereocenters. The number of rotatable bonds is 6. The highest BCUT2D eigenvalue weighted by Gasteiger charge is 2.18. The van der Waals surface area contributed by atoms with E-state index in [1.807, 2.05) is 0 Å². The maximum Gasteiger partial charge on any atom is 0.225 e. The monoisotopic (exact) mass is 421 g/mol. The van der Waals surface area contributed by atoms with Gasteiger partial charge in [0, 0.05) is 5.56 Å². The first-order chi connectivity index (χ1) is 14.4. The van der Waals surface area contributed by atoms with E-state index in [1.54, 1.807) is 20.4 Å². The zero-order valence-corrected chi connectivity index (χ0v) is 18.3. The van der Waals surface area contributed by atoms with Gasteiger partial charge in [-0.3, -0.25) is 0 Å². The molecule has 1 N–H and O–H groups in total. The Hall–Kier alpha value is -3.17. The number of aryl methyl sites for hydroxylation is 2. The van der Waals surface area contributed by atoms with Crippen molar-refractivity contribution in [2.24, 2.45) is 0 Å². The van der Waals surface area contributed by atoms with Crippen LogP contribution in [0.4, 0.5) is 0 Å². The van der Waals surface area contributed by atoms with Crippen LogP contribution in [0.3, 0.4) is 0 Å². The number of aromatic nitrogens is 7. The van der Waals surface area contributed by atoms with Crippen molar-refractivity contribution in [3.05, 3.63) is 76.6 Å². The Bertz CT molecular complexity index is 1170. The standard InChI is InChI=1S/C21H24N8S/c1-15-9-16(2)11-20(10-15)29-21(30)28(24-25-29)14-26(4)17(3)18-5-7-19(8-6-18)27-13-22-12-23-27/h5-13,17H,14H2,1-4H3/p+1/t17-/m0/s1. The minimum Gasteiger partial charge on any atom is -0.313 e. The van der Waals surface area contributed by atoms with Gasteiger partial charge < -0.3 is 4.90 Å². The summed E-state index contributed by atoms with van der Waals surface area (Å²) in [5.41, 5.74) is 5.50. The molecule has 0 bridgehead atoms. The maximum atomic E-state index is 5.65. The topological polar surface area (TPSA) is 70.8 Å². The van der Waals surface area contributed by atoms with Crippen molar-refractivity contribution in [1.82, 2.24) is 34.6 Å². The minimum atomic E-state index is 0.253. The molecule has 30 heavy (non-hydrogen) atoms. The molecule has 0 saturated carbocycles. The number of tetrazole rings is 1. The molecule has 0 aliphatic heterocycles. The number of quaternary nitrogens is 1. The number of hydrogen-bond acceptors (Lipinski definition) is 5. The van der Waals surface area contributed by atoms with Crippen LogP contribution < -0.4 is 4.90 Å². The van der Waals surface area contributed by atoms with Crippen molar-refractivity contribution >= 4 is 12.2 Å². The smallest absolute Gasteiger partial charge is 0.225 e. The molecular formula is C21H25N8S+. The largest absolute Gasteiger partial charge is 0.313 e. The van der Waals surface area contributed by atoms with Gasteiger partial charge in [-0.25, -0.2) is 9.67 Å². The first kappa shape index (κ1) is 20.1. The van der Waals surface area contributed by atoms with Crippen molar-refractivity contribution in [2.75, 3.05) is 7.05 Å². The van der Waals surface area contributed by atoms with Crippen LogP contribution in [0.5, 0.6) is 0 Å². The molecule has 0 radical (unpaired) electrons. The predicted octanol–water partition coefficient (Wildman–Crippen LogP) is 2.23. The summed E-state index contributed by atoms with van der Waals surface area (Å²) in [6, 6.07) is 14.9. The normalized spacial score (nSPS) is 13.3. The summed E-state index contributed by atoms with van der Waals surface area (Å²) in [6.45, 7) is 6.95. The average Bonchev–Trinajstić information content (AvgIpc) is 3.38. The van der Waals surface area contributed by atoms with Gasteiger partial charge in [0.1, 0.15) is 18.7 Å². The lowest BCUT2D eigenvalue weighted by molar-refractivity contribution is -0.933. The average molecular weight is 422 g/mol. The van der Waals surface area contributed by atoms with E-state index in [0.717, 1.165) is 11.4 Å². The summed E-state index contributed by atoms with van der Waals surface area (Å²) in [5, 5.41) is 12.8. The number of nitrogens with one attached hydrogen (secondary N) is 1. The molecule has 2 heterocycles. The van der Waals surface area contributed by atoms with Gasteiger partial charge in [-0.1, -0.05) is 18.2 Å². The first-order valence-corrected chi connectivity index (χ1v) is 10.2. The number of hydrogen-bond donors (Lipinski definition) is 1. The van der Waals surface area contributed by atoms with E-state index in [0.29, 0.717) is 11.4 Å². The lowest BCUT2D eigenvalue weighted by atomic mass is 10.1. The summed E-state index contributed by atoms with van der Waals surface area (Å²) in [4.78, 5) is 5.25. The third-order valence-corrected chi connectivity index (χ3v) is 5.69. The molecular weight excluding hydrogens is 396 g/mol. The first-order valence-electron chi connectivity index (χ1n) is 9.81. The Balaban J connectivity index is 1.50. The fourth-order valence-corrected chi connectivity index (χ4v) is 3.77. The summed E-state index contributed by atoms with van der Waals surface area (Å²) in [7, 11) is 2.13. The van der Waals surface area contributed by atoms with Gasteiger partial charge in [-0.05, 0) is 78.8 Å². The highest BCUT2D eigenvalue weighted by atomic mass is 32.1. The fraction of sp³-hybridized carbons (Fsp3) is 0.286. The Morgan fingerprint density at radius 2 is 1.70 bits per heavy atom. The third kappa shape index (κ3) is 4.07. The second kappa shape index (κ2) is 8.29. The lowest BCUT2D eigenvalue weighted by Gasteiger charge is -2.21. The summed E-state index contributed by atoms with van der Waals surface area (Å²) in [6.07, 6.45) is 3.22. The van der Waals surface area contributed by atoms with Crippen LogP contribution in [0.25, 0.3) is 11.4 Å². The van der Waals surface area contributed by atoms with Gasteiger partial charge in [0.05, 0.1) is 18.4 Å². The Morgan fingerprint density at radius 3 is 2.33 bits per heavy atom. The van der Waals surface area contributed by atoms with Crippen molar-refractivity contribution in [2.45, 2.75) is 33.5 Å². The van der Waals surface area contributed by atoms with Crippen LogP contribution in [-0.4, -0.2) is 41.6 Å². The van der Waals surface area contributed by atoms with Crippen LogP contribution in [0, 0.1) is 18.6 Å². The van der Waals surface area contributed by atoms with Gasteiger partial charge in [0.2, 0.25) is 4.77 Å². The van der Waals surface area contributed by atoms with Gasteiger partial charge >= 0.3 is 0 Å². The molecule has 0 aliphatic rings. The third-order valence-electron chi connectivity index (χ3n) is 5.31. The summed E-state index contributed by atoms with van der Waals surface area (Å²) < 4.78 is 5.84. The minimum absolute atomic E-state index is 0.253.